The van der Waals surface area contributed by atoms with Gasteiger partial charge in [-0.15, -0.1) is 22.7 Å². The minimum absolute atomic E-state index is 1.04. The lowest BCUT2D eigenvalue weighted by Crippen LogP contribution is -2.10. The predicted molar refractivity (Wildman–Crippen MR) is 246 cm³/mol. The Kier molecular flexibility index (Phi) is 8.24. The van der Waals surface area contributed by atoms with Gasteiger partial charge in [-0.1, -0.05) is 146 Å². The number of nitrogens with zero attached hydrogens (tertiary/aromatic N) is 2. The van der Waals surface area contributed by atoms with Crippen molar-refractivity contribution in [3.8, 4) is 44.0 Å². The maximum absolute atomic E-state index is 5.11. The van der Waals surface area contributed by atoms with Crippen LogP contribution in [0.5, 0.6) is 0 Å². The zero-order valence-corrected chi connectivity index (χ0v) is 32.5. The van der Waals surface area contributed by atoms with Gasteiger partial charge < -0.3 is 4.90 Å². The highest BCUT2D eigenvalue weighted by atomic mass is 32.1. The molecule has 0 aliphatic carbocycles. The topological polar surface area (TPSA) is 16.1 Å². The summed E-state index contributed by atoms with van der Waals surface area (Å²) in [4.78, 5) is 7.52. The fourth-order valence-corrected chi connectivity index (χ4v) is 10.4. The number of rotatable bonds is 7. The fourth-order valence-electron chi connectivity index (χ4n) is 8.10. The molecule has 2 nitrogen and oxygen atoms in total. The Hall–Kier alpha value is -6.85. The first kappa shape index (κ1) is 33.5. The number of hydrogen-bond acceptors (Lipinski definition) is 4. The molecular formula is C53H34N2S2. The van der Waals surface area contributed by atoms with E-state index in [9.17, 15) is 0 Å². The fraction of sp³-hybridized carbons (Fsp3) is 0. The van der Waals surface area contributed by atoms with Crippen molar-refractivity contribution in [2.24, 2.45) is 0 Å². The van der Waals surface area contributed by atoms with Crippen LogP contribution >= 0.6 is 22.7 Å². The first-order valence-corrected chi connectivity index (χ1v) is 20.8. The van der Waals surface area contributed by atoms with E-state index in [1.807, 2.05) is 11.3 Å². The quantitative estimate of drug-likeness (QED) is 0.161. The highest BCUT2D eigenvalue weighted by Gasteiger charge is 2.20. The molecule has 57 heavy (non-hydrogen) atoms. The summed E-state index contributed by atoms with van der Waals surface area (Å²) >= 11 is 3.64. The number of thiazole rings is 1. The summed E-state index contributed by atoms with van der Waals surface area (Å²) in [5.74, 6) is 0. The second-order valence-electron chi connectivity index (χ2n) is 14.4. The van der Waals surface area contributed by atoms with E-state index in [1.165, 1.54) is 69.0 Å². The largest absolute Gasteiger partial charge is 0.310 e. The van der Waals surface area contributed by atoms with Crippen molar-refractivity contribution in [1.82, 2.24) is 4.98 Å². The van der Waals surface area contributed by atoms with Gasteiger partial charge in [-0.3, -0.25) is 0 Å². The summed E-state index contributed by atoms with van der Waals surface area (Å²) in [7, 11) is 0. The molecule has 9 aromatic carbocycles. The highest BCUT2D eigenvalue weighted by molar-refractivity contribution is 7.28. The Morgan fingerprint density at radius 3 is 1.74 bits per heavy atom. The molecule has 11 aromatic rings. The Morgan fingerprint density at radius 1 is 0.368 bits per heavy atom. The van der Waals surface area contributed by atoms with Gasteiger partial charge in [-0.2, -0.15) is 0 Å². The zero-order chi connectivity index (χ0) is 37.7. The Balaban J connectivity index is 1.11. The second-order valence-corrected chi connectivity index (χ2v) is 16.4. The van der Waals surface area contributed by atoms with E-state index >= 15 is 0 Å². The molecule has 0 saturated heterocycles. The summed E-state index contributed by atoms with van der Waals surface area (Å²) in [6.07, 6.45) is 0. The molecule has 0 atom stereocenters. The van der Waals surface area contributed by atoms with Gasteiger partial charge in [-0.25, -0.2) is 4.98 Å². The monoisotopic (exact) mass is 762 g/mol. The van der Waals surface area contributed by atoms with Crippen LogP contribution in [0.1, 0.15) is 0 Å². The summed E-state index contributed by atoms with van der Waals surface area (Å²) < 4.78 is 3.79. The predicted octanol–water partition coefficient (Wildman–Crippen LogP) is 16.0. The van der Waals surface area contributed by atoms with E-state index in [2.05, 4.69) is 211 Å². The van der Waals surface area contributed by atoms with Crippen LogP contribution in [-0.2, 0) is 0 Å². The van der Waals surface area contributed by atoms with E-state index in [0.717, 1.165) is 33.1 Å². The molecular weight excluding hydrogens is 729 g/mol. The standard InChI is InChI=1S/C53H34N2S2/c1-4-12-35(13-5-1)37-22-24-42(25-23-37)55(43-26-28-45(46(33-43)38-15-6-2-7-16-38)41-21-20-36-14-10-11-19-40(36)32-41)44-27-30-49-47(34-44)51-50(56-49)31-29-48-52(51)57-53(54-48)39-17-8-3-9-18-39/h1-34H. The third-order valence-electron chi connectivity index (χ3n) is 10.9. The van der Waals surface area contributed by atoms with Crippen molar-refractivity contribution in [2.45, 2.75) is 0 Å². The maximum Gasteiger partial charge on any atom is 0.124 e. The van der Waals surface area contributed by atoms with Gasteiger partial charge in [0.15, 0.2) is 0 Å². The molecule has 268 valence electrons. The molecule has 11 rings (SSSR count). The van der Waals surface area contributed by atoms with Crippen LogP contribution in [0.25, 0.3) is 85.1 Å². The summed E-state index contributed by atoms with van der Waals surface area (Å²) in [5, 5.41) is 6.06. The van der Waals surface area contributed by atoms with Crippen LogP contribution in [0.4, 0.5) is 17.1 Å². The summed E-state index contributed by atoms with van der Waals surface area (Å²) in [5.41, 5.74) is 12.7. The van der Waals surface area contributed by atoms with Crippen LogP contribution in [0.2, 0.25) is 0 Å². The van der Waals surface area contributed by atoms with Crippen molar-refractivity contribution in [2.75, 3.05) is 4.90 Å². The lowest BCUT2D eigenvalue weighted by Gasteiger charge is -2.27. The number of anilines is 3. The molecule has 0 spiro atoms. The molecule has 0 bridgehead atoms. The number of thiophene rings is 1. The van der Waals surface area contributed by atoms with Crippen LogP contribution < -0.4 is 4.90 Å². The molecule has 0 aliphatic rings. The normalized spacial score (nSPS) is 11.5. The molecule has 0 fully saturated rings. The van der Waals surface area contributed by atoms with Crippen molar-refractivity contribution in [3.63, 3.8) is 0 Å². The van der Waals surface area contributed by atoms with Gasteiger partial charge in [0, 0.05) is 42.8 Å². The van der Waals surface area contributed by atoms with E-state index < -0.39 is 0 Å². The Bertz CT molecular complexity index is 3220. The molecule has 0 aliphatic heterocycles. The van der Waals surface area contributed by atoms with Crippen LogP contribution in [0, 0.1) is 0 Å². The average Bonchev–Trinajstić information content (AvgIpc) is 3.89. The minimum Gasteiger partial charge on any atom is -0.310 e. The van der Waals surface area contributed by atoms with E-state index in [1.54, 1.807) is 11.3 Å². The van der Waals surface area contributed by atoms with Crippen LogP contribution in [-0.4, -0.2) is 4.98 Å². The maximum atomic E-state index is 5.11. The van der Waals surface area contributed by atoms with Gasteiger partial charge in [0.25, 0.3) is 0 Å². The van der Waals surface area contributed by atoms with Gasteiger partial charge >= 0.3 is 0 Å². The number of benzene rings is 9. The second kappa shape index (κ2) is 14.0. The van der Waals surface area contributed by atoms with Crippen LogP contribution in [0.15, 0.2) is 206 Å². The highest BCUT2D eigenvalue weighted by Crippen LogP contribution is 2.46. The molecule has 0 unspecified atom stereocenters. The minimum atomic E-state index is 1.04. The van der Waals surface area contributed by atoms with E-state index in [4.69, 9.17) is 4.98 Å². The van der Waals surface area contributed by atoms with Crippen LogP contribution in [0.3, 0.4) is 0 Å². The van der Waals surface area contributed by atoms with Crippen molar-refractivity contribution >= 4 is 80.9 Å². The molecule has 2 heterocycles. The molecule has 0 amide bonds. The van der Waals surface area contributed by atoms with Crippen molar-refractivity contribution in [1.29, 1.82) is 0 Å². The summed E-state index contributed by atoms with van der Waals surface area (Å²) in [6, 6.07) is 74.6. The number of hydrogen-bond donors (Lipinski definition) is 0. The smallest absolute Gasteiger partial charge is 0.124 e. The third-order valence-corrected chi connectivity index (χ3v) is 13.2. The van der Waals surface area contributed by atoms with E-state index in [0.29, 0.717) is 0 Å². The summed E-state index contributed by atoms with van der Waals surface area (Å²) in [6.45, 7) is 0. The first-order chi connectivity index (χ1) is 28.2. The Labute approximate surface area is 339 Å². The Morgan fingerprint density at radius 2 is 0.965 bits per heavy atom. The molecule has 0 N–H and O–H groups in total. The van der Waals surface area contributed by atoms with E-state index in [-0.39, 0.29) is 0 Å². The van der Waals surface area contributed by atoms with Gasteiger partial charge in [0.2, 0.25) is 0 Å². The third kappa shape index (κ3) is 6.07. The molecule has 0 saturated carbocycles. The zero-order valence-electron chi connectivity index (χ0n) is 30.8. The van der Waals surface area contributed by atoms with Gasteiger partial charge in [-0.05, 0) is 105 Å². The number of aromatic nitrogens is 1. The average molecular weight is 763 g/mol. The van der Waals surface area contributed by atoms with Crippen molar-refractivity contribution < 1.29 is 0 Å². The SMILES string of the molecule is c1ccc(-c2ccc(N(c3ccc(-c4ccc5ccccc5c4)c(-c4ccccc4)c3)c3ccc4sc5ccc6nc(-c7ccccc7)sc6c5c4c3)cc2)cc1. The van der Waals surface area contributed by atoms with Gasteiger partial charge in [0.05, 0.1) is 10.2 Å². The van der Waals surface area contributed by atoms with Gasteiger partial charge in [0.1, 0.15) is 5.01 Å². The lowest BCUT2D eigenvalue weighted by molar-refractivity contribution is 1.29. The molecule has 4 heteroatoms. The molecule has 0 radical (unpaired) electrons. The molecule has 2 aromatic heterocycles. The first-order valence-electron chi connectivity index (χ1n) is 19.2. The number of fused-ring (bicyclic) bond motifs is 6. The lowest BCUT2D eigenvalue weighted by atomic mass is 9.92. The van der Waals surface area contributed by atoms with Crippen molar-refractivity contribution in [3.05, 3.63) is 206 Å².